The van der Waals surface area contributed by atoms with Crippen LogP contribution in [0.2, 0.25) is 0 Å². The van der Waals surface area contributed by atoms with Crippen molar-refractivity contribution in [3.8, 4) is 11.4 Å². The molecule has 0 saturated carbocycles. The molecule has 6 nitrogen and oxygen atoms in total. The van der Waals surface area contributed by atoms with Gasteiger partial charge < -0.3 is 15.4 Å². The number of carbonyl (C=O) groups is 1. The van der Waals surface area contributed by atoms with Gasteiger partial charge in [0.1, 0.15) is 11.4 Å². The Bertz CT molecular complexity index is 1440. The first-order valence-corrected chi connectivity index (χ1v) is 11.2. The lowest BCUT2D eigenvalue weighted by atomic mass is 9.77. The van der Waals surface area contributed by atoms with Crippen molar-refractivity contribution in [2.75, 3.05) is 0 Å². The monoisotopic (exact) mass is 433 g/mol. The van der Waals surface area contributed by atoms with Crippen LogP contribution in [0.3, 0.4) is 0 Å². The number of rotatable bonds is 1. The molecule has 32 heavy (non-hydrogen) atoms. The van der Waals surface area contributed by atoms with Crippen LogP contribution in [0.15, 0.2) is 16.9 Å². The number of nitrogens with zero attached hydrogens (tertiary/aromatic N) is 2. The van der Waals surface area contributed by atoms with E-state index in [0.29, 0.717) is 59.4 Å². The van der Waals surface area contributed by atoms with Crippen LogP contribution in [0, 0.1) is 12.7 Å². The summed E-state index contributed by atoms with van der Waals surface area (Å²) in [6.07, 6.45) is 2.07. The first kappa shape index (κ1) is 19.8. The molecule has 0 saturated heterocycles. The molecule has 6 rings (SSSR count). The largest absolute Gasteiger partial charge is 0.377 e. The van der Waals surface area contributed by atoms with Crippen LogP contribution in [-0.4, -0.2) is 20.4 Å². The number of ketones is 1. The molecule has 2 unspecified atom stereocenters. The van der Waals surface area contributed by atoms with Crippen LogP contribution in [0.1, 0.15) is 65.6 Å². The summed E-state index contributed by atoms with van der Waals surface area (Å²) < 4.78 is 16.3. The van der Waals surface area contributed by atoms with E-state index in [0.717, 1.165) is 22.1 Å². The number of benzene rings is 1. The number of aliphatic hydroxyl groups is 1. The minimum atomic E-state index is -1.66. The van der Waals surface area contributed by atoms with Gasteiger partial charge in [-0.2, -0.15) is 0 Å². The topological polar surface area (TPSA) is 98.2 Å². The smallest absolute Gasteiger partial charge is 0.254 e. The molecule has 2 aromatic heterocycles. The molecule has 0 amide bonds. The summed E-state index contributed by atoms with van der Waals surface area (Å²) in [6.45, 7) is 3.87. The minimum Gasteiger partial charge on any atom is -0.377 e. The van der Waals surface area contributed by atoms with Gasteiger partial charge in [-0.15, -0.1) is 0 Å². The predicted octanol–water partition coefficient (Wildman–Crippen LogP) is 2.93. The number of carbonyl (C=O) groups excluding carboxylic acids is 1. The Kier molecular flexibility index (Phi) is 3.91. The van der Waals surface area contributed by atoms with Crippen LogP contribution in [0.5, 0.6) is 0 Å². The molecule has 0 fully saturated rings. The summed E-state index contributed by atoms with van der Waals surface area (Å²) in [6, 6.07) is 2.97. The number of hydrogen-bond donors (Lipinski definition) is 2. The van der Waals surface area contributed by atoms with Crippen LogP contribution >= 0.6 is 0 Å². The number of pyridine rings is 2. The highest BCUT2D eigenvalue weighted by molar-refractivity contribution is 5.94. The van der Waals surface area contributed by atoms with E-state index in [4.69, 9.17) is 10.7 Å². The van der Waals surface area contributed by atoms with Crippen LogP contribution < -0.4 is 11.3 Å². The van der Waals surface area contributed by atoms with Crippen LogP contribution in [-0.2, 0) is 29.8 Å². The van der Waals surface area contributed by atoms with Crippen molar-refractivity contribution in [1.29, 1.82) is 0 Å². The van der Waals surface area contributed by atoms with E-state index in [2.05, 4.69) is 0 Å². The molecule has 3 heterocycles. The fourth-order valence-electron chi connectivity index (χ4n) is 5.97. The SMILES string of the molecule is CCC1(O)C(=O)CCc2c1cc1n(c2=O)Cc2c-1nc1cc(F)c(C)c3c1c2C(N)CC3. The molecule has 2 aliphatic carbocycles. The standard InChI is InChI=1S/C25H24FN3O3/c1-3-25(32)15-8-19-23-14(10-29(19)24(31)13(15)5-7-20(25)30)21-17(27)6-4-12-11(2)16(26)9-18(28-23)22(12)21/h8-9,17,32H,3-7,10,27H2,1-2H3. The Morgan fingerprint density at radius 2 is 2.00 bits per heavy atom. The third-order valence-electron chi connectivity index (χ3n) is 7.80. The van der Waals surface area contributed by atoms with Gasteiger partial charge in [0.2, 0.25) is 0 Å². The Morgan fingerprint density at radius 1 is 1.22 bits per heavy atom. The maximum Gasteiger partial charge on any atom is 0.254 e. The van der Waals surface area contributed by atoms with Crippen LogP contribution in [0.25, 0.3) is 22.3 Å². The highest BCUT2D eigenvalue weighted by Gasteiger charge is 2.43. The third-order valence-corrected chi connectivity index (χ3v) is 7.80. The molecule has 1 aliphatic heterocycles. The summed E-state index contributed by atoms with van der Waals surface area (Å²) in [5, 5.41) is 12.1. The third kappa shape index (κ3) is 2.27. The Labute approximate surface area is 183 Å². The number of hydrogen-bond acceptors (Lipinski definition) is 5. The van der Waals surface area contributed by atoms with Crippen molar-refractivity contribution in [3.63, 3.8) is 0 Å². The molecule has 0 radical (unpaired) electrons. The number of aromatic nitrogens is 2. The zero-order chi connectivity index (χ0) is 22.5. The van der Waals surface area contributed by atoms with Gasteiger partial charge in [0.15, 0.2) is 5.78 Å². The highest BCUT2D eigenvalue weighted by Crippen LogP contribution is 2.45. The van der Waals surface area contributed by atoms with Gasteiger partial charge in [0, 0.05) is 40.6 Å². The molecule has 3 aromatic rings. The van der Waals surface area contributed by atoms with Gasteiger partial charge in [-0.3, -0.25) is 9.59 Å². The molecule has 7 heteroatoms. The number of Topliss-reactive ketones (excluding diaryl/α,β-unsaturated/α-hetero) is 1. The van der Waals surface area contributed by atoms with Crippen molar-refractivity contribution in [2.45, 2.75) is 64.1 Å². The quantitative estimate of drug-likeness (QED) is 0.481. The number of halogens is 1. The normalized spacial score (nSPS) is 23.3. The van der Waals surface area contributed by atoms with Gasteiger partial charge in [-0.1, -0.05) is 6.92 Å². The summed E-state index contributed by atoms with van der Waals surface area (Å²) in [7, 11) is 0. The van der Waals surface area contributed by atoms with E-state index in [1.807, 2.05) is 0 Å². The highest BCUT2D eigenvalue weighted by atomic mass is 19.1. The van der Waals surface area contributed by atoms with E-state index in [-0.39, 0.29) is 36.0 Å². The Hall–Kier alpha value is -2.90. The van der Waals surface area contributed by atoms with Crippen molar-refractivity contribution in [2.24, 2.45) is 5.73 Å². The second-order valence-electron chi connectivity index (χ2n) is 9.30. The molecule has 1 aromatic carbocycles. The van der Waals surface area contributed by atoms with Gasteiger partial charge in [-0.25, -0.2) is 9.37 Å². The second-order valence-corrected chi connectivity index (χ2v) is 9.30. The first-order valence-electron chi connectivity index (χ1n) is 11.2. The van der Waals surface area contributed by atoms with Crippen LogP contribution in [0.4, 0.5) is 4.39 Å². The average molecular weight is 433 g/mol. The number of fused-ring (bicyclic) bond motifs is 5. The van der Waals surface area contributed by atoms with E-state index in [1.165, 1.54) is 6.07 Å². The van der Waals surface area contributed by atoms with E-state index < -0.39 is 5.60 Å². The van der Waals surface area contributed by atoms with Gasteiger partial charge >= 0.3 is 0 Å². The maximum absolute atomic E-state index is 14.7. The Balaban J connectivity index is 1.70. The lowest BCUT2D eigenvalue weighted by molar-refractivity contribution is -0.140. The number of nitrogens with two attached hydrogens (primary N) is 1. The molecule has 3 aliphatic rings. The summed E-state index contributed by atoms with van der Waals surface area (Å²) >= 11 is 0. The van der Waals surface area contributed by atoms with Gasteiger partial charge in [0.25, 0.3) is 5.56 Å². The predicted molar refractivity (Wildman–Crippen MR) is 118 cm³/mol. The van der Waals surface area contributed by atoms with Crippen molar-refractivity contribution < 1.29 is 14.3 Å². The molecule has 0 spiro atoms. The molecule has 3 N–H and O–H groups in total. The molecular weight excluding hydrogens is 409 g/mol. The van der Waals surface area contributed by atoms with Crippen molar-refractivity contribution in [3.05, 3.63) is 61.7 Å². The molecule has 2 atom stereocenters. The van der Waals surface area contributed by atoms with E-state index in [1.54, 1.807) is 24.5 Å². The average Bonchev–Trinajstić information content (AvgIpc) is 3.14. The Morgan fingerprint density at radius 3 is 2.75 bits per heavy atom. The van der Waals surface area contributed by atoms with Crippen molar-refractivity contribution in [1.82, 2.24) is 9.55 Å². The number of aryl methyl sites for hydroxylation is 1. The zero-order valence-electron chi connectivity index (χ0n) is 18.1. The summed E-state index contributed by atoms with van der Waals surface area (Å²) in [4.78, 5) is 30.8. The van der Waals surface area contributed by atoms with Gasteiger partial charge in [0.05, 0.1) is 23.4 Å². The first-order chi connectivity index (χ1) is 15.3. The summed E-state index contributed by atoms with van der Waals surface area (Å²) in [5.41, 5.74) is 10.7. The van der Waals surface area contributed by atoms with E-state index in [9.17, 15) is 19.1 Å². The maximum atomic E-state index is 14.7. The fourth-order valence-corrected chi connectivity index (χ4v) is 5.97. The lowest BCUT2D eigenvalue weighted by Gasteiger charge is -2.32. The summed E-state index contributed by atoms with van der Waals surface area (Å²) in [5.74, 6) is -0.561. The van der Waals surface area contributed by atoms with Crippen molar-refractivity contribution >= 4 is 16.7 Å². The second kappa shape index (κ2) is 6.33. The zero-order valence-corrected chi connectivity index (χ0v) is 18.1. The lowest BCUT2D eigenvalue weighted by Crippen LogP contribution is -2.43. The fraction of sp³-hybridized carbons (Fsp3) is 0.400. The van der Waals surface area contributed by atoms with E-state index >= 15 is 0 Å². The molecule has 0 bridgehead atoms. The minimum absolute atomic E-state index is 0.152. The molecular formula is C25H24FN3O3. The molecule has 164 valence electrons. The van der Waals surface area contributed by atoms with Gasteiger partial charge in [-0.05, 0) is 55.4 Å².